The van der Waals surface area contributed by atoms with Gasteiger partial charge in [0.2, 0.25) is 5.91 Å². The first-order valence-electron chi connectivity index (χ1n) is 7.69. The maximum atomic E-state index is 12.3. The Labute approximate surface area is 138 Å². The van der Waals surface area contributed by atoms with Crippen molar-refractivity contribution in [2.24, 2.45) is 0 Å². The Hall–Kier alpha value is -2.74. The molecule has 1 aliphatic rings. The zero-order valence-corrected chi connectivity index (χ0v) is 13.3. The molecule has 8 nitrogen and oxygen atoms in total. The number of carbonyl (C=O) groups is 1. The molecule has 1 fully saturated rings. The Balaban J connectivity index is 1.66. The minimum atomic E-state index is -0.435. The van der Waals surface area contributed by atoms with E-state index in [1.165, 1.54) is 12.1 Å². The highest BCUT2D eigenvalue weighted by Gasteiger charge is 2.21. The van der Waals surface area contributed by atoms with Gasteiger partial charge in [0.15, 0.2) is 0 Å². The average Bonchev–Trinajstić information content (AvgIpc) is 3.03. The van der Waals surface area contributed by atoms with Gasteiger partial charge in [-0.25, -0.2) is 0 Å². The van der Waals surface area contributed by atoms with Crippen LogP contribution >= 0.6 is 0 Å². The van der Waals surface area contributed by atoms with Crippen LogP contribution in [0, 0.1) is 10.1 Å². The van der Waals surface area contributed by atoms with Crippen molar-refractivity contribution in [3.8, 4) is 11.1 Å². The number of aromatic nitrogens is 2. The molecular weight excluding hydrogens is 312 g/mol. The van der Waals surface area contributed by atoms with Crippen molar-refractivity contribution in [3.05, 3.63) is 46.8 Å². The summed E-state index contributed by atoms with van der Waals surface area (Å²) in [7, 11) is 0. The number of benzene rings is 1. The molecule has 8 heteroatoms. The zero-order chi connectivity index (χ0) is 17.1. The number of non-ortho nitro benzene ring substituents is 1. The van der Waals surface area contributed by atoms with E-state index in [0.29, 0.717) is 19.7 Å². The second-order valence-corrected chi connectivity index (χ2v) is 5.75. The summed E-state index contributed by atoms with van der Waals surface area (Å²) in [6, 6.07) is 6.25. The highest BCUT2D eigenvalue weighted by atomic mass is 16.6. The zero-order valence-electron chi connectivity index (χ0n) is 13.3. The summed E-state index contributed by atoms with van der Waals surface area (Å²) in [4.78, 5) is 24.3. The fourth-order valence-corrected chi connectivity index (χ4v) is 2.66. The third-order valence-corrected chi connectivity index (χ3v) is 3.94. The number of hydrogen-bond acceptors (Lipinski definition) is 5. The number of morpholine rings is 1. The first kappa shape index (κ1) is 16.1. The van der Waals surface area contributed by atoms with Gasteiger partial charge < -0.3 is 9.64 Å². The largest absolute Gasteiger partial charge is 0.375 e. The van der Waals surface area contributed by atoms with E-state index in [2.05, 4.69) is 5.10 Å². The second kappa shape index (κ2) is 6.79. The molecule has 2 heterocycles. The van der Waals surface area contributed by atoms with Gasteiger partial charge in [-0.3, -0.25) is 19.6 Å². The van der Waals surface area contributed by atoms with Gasteiger partial charge in [0.05, 0.1) is 23.8 Å². The van der Waals surface area contributed by atoms with Crippen LogP contribution in [0.1, 0.15) is 6.92 Å². The molecule has 0 saturated carbocycles. The van der Waals surface area contributed by atoms with Crippen LogP contribution in [0.5, 0.6) is 0 Å². The number of carbonyl (C=O) groups excluding carboxylic acids is 1. The molecule has 1 aromatic heterocycles. The van der Waals surface area contributed by atoms with Crippen molar-refractivity contribution < 1.29 is 14.5 Å². The van der Waals surface area contributed by atoms with Crippen molar-refractivity contribution in [2.45, 2.75) is 19.6 Å². The summed E-state index contributed by atoms with van der Waals surface area (Å²) in [5, 5.41) is 14.9. The molecule has 2 aromatic rings. The molecule has 24 heavy (non-hydrogen) atoms. The van der Waals surface area contributed by atoms with Crippen LogP contribution < -0.4 is 0 Å². The van der Waals surface area contributed by atoms with Crippen LogP contribution in [-0.2, 0) is 16.1 Å². The van der Waals surface area contributed by atoms with Crippen LogP contribution in [0.4, 0.5) is 5.69 Å². The number of hydrogen-bond donors (Lipinski definition) is 0. The summed E-state index contributed by atoms with van der Waals surface area (Å²) >= 11 is 0. The monoisotopic (exact) mass is 330 g/mol. The lowest BCUT2D eigenvalue weighted by atomic mass is 10.1. The predicted octanol–water partition coefficient (Wildman–Crippen LogP) is 1.71. The Bertz CT molecular complexity index is 741. The lowest BCUT2D eigenvalue weighted by Crippen LogP contribution is -2.45. The number of nitrogens with zero attached hydrogens (tertiary/aromatic N) is 4. The normalized spacial score (nSPS) is 17.7. The first-order chi connectivity index (χ1) is 11.5. The number of nitro groups is 1. The molecule has 0 N–H and O–H groups in total. The van der Waals surface area contributed by atoms with E-state index < -0.39 is 4.92 Å². The molecular formula is C16H18N4O4. The fourth-order valence-electron chi connectivity index (χ4n) is 2.66. The number of rotatable bonds is 4. The van der Waals surface area contributed by atoms with Gasteiger partial charge in [-0.1, -0.05) is 0 Å². The van der Waals surface area contributed by atoms with Crippen LogP contribution in [0.2, 0.25) is 0 Å². The summed E-state index contributed by atoms with van der Waals surface area (Å²) in [6.45, 7) is 3.86. The van der Waals surface area contributed by atoms with E-state index in [1.54, 1.807) is 34.1 Å². The predicted molar refractivity (Wildman–Crippen MR) is 86.3 cm³/mol. The van der Waals surface area contributed by atoms with Crippen LogP contribution in [0.15, 0.2) is 36.7 Å². The average molecular weight is 330 g/mol. The molecule has 1 amide bonds. The lowest BCUT2D eigenvalue weighted by molar-refractivity contribution is -0.384. The number of ether oxygens (including phenoxy) is 1. The molecule has 0 aliphatic carbocycles. The van der Waals surface area contributed by atoms with E-state index in [9.17, 15) is 14.9 Å². The van der Waals surface area contributed by atoms with Crippen molar-refractivity contribution in [3.63, 3.8) is 0 Å². The molecule has 0 unspecified atom stereocenters. The molecule has 0 radical (unpaired) electrons. The highest BCUT2D eigenvalue weighted by molar-refractivity contribution is 5.76. The Kier molecular flexibility index (Phi) is 4.57. The molecule has 1 aliphatic heterocycles. The van der Waals surface area contributed by atoms with E-state index >= 15 is 0 Å². The quantitative estimate of drug-likeness (QED) is 0.629. The van der Waals surface area contributed by atoms with E-state index in [1.807, 2.05) is 6.92 Å². The molecule has 1 atom stereocenters. The summed E-state index contributed by atoms with van der Waals surface area (Å²) < 4.78 is 7.02. The van der Waals surface area contributed by atoms with E-state index in [4.69, 9.17) is 4.74 Å². The standard InChI is InChI=1S/C16H18N4O4/c1-12-9-18(6-7-24-12)16(21)11-19-10-14(8-17-19)13-2-4-15(5-3-13)20(22)23/h2-5,8,10,12H,6-7,9,11H2,1H3/t12-/m1/s1. The van der Waals surface area contributed by atoms with Gasteiger partial charge in [0.25, 0.3) is 5.69 Å². The molecule has 1 aromatic carbocycles. The minimum absolute atomic E-state index is 0.00324. The molecule has 0 bridgehead atoms. The second-order valence-electron chi connectivity index (χ2n) is 5.75. The Morgan fingerprint density at radius 1 is 1.38 bits per heavy atom. The van der Waals surface area contributed by atoms with Gasteiger partial charge in [0, 0.05) is 37.0 Å². The van der Waals surface area contributed by atoms with Crippen molar-refractivity contribution in [1.82, 2.24) is 14.7 Å². The SMILES string of the molecule is C[C@@H]1CN(C(=O)Cn2cc(-c3ccc([N+](=O)[O-])cc3)cn2)CCO1. The highest BCUT2D eigenvalue weighted by Crippen LogP contribution is 2.21. The third kappa shape index (κ3) is 3.60. The molecule has 126 valence electrons. The fraction of sp³-hybridized carbons (Fsp3) is 0.375. The Morgan fingerprint density at radius 2 is 2.12 bits per heavy atom. The van der Waals surface area contributed by atoms with Gasteiger partial charge in [-0.05, 0) is 24.6 Å². The number of amides is 1. The van der Waals surface area contributed by atoms with Crippen molar-refractivity contribution in [2.75, 3.05) is 19.7 Å². The first-order valence-corrected chi connectivity index (χ1v) is 7.69. The number of nitro benzene ring substituents is 1. The van der Waals surface area contributed by atoms with Crippen molar-refractivity contribution in [1.29, 1.82) is 0 Å². The Morgan fingerprint density at radius 3 is 2.79 bits per heavy atom. The van der Waals surface area contributed by atoms with Gasteiger partial charge in [0.1, 0.15) is 6.54 Å². The lowest BCUT2D eigenvalue weighted by Gasteiger charge is -2.31. The van der Waals surface area contributed by atoms with Gasteiger partial charge in [-0.15, -0.1) is 0 Å². The third-order valence-electron chi connectivity index (χ3n) is 3.94. The topological polar surface area (TPSA) is 90.5 Å². The maximum absolute atomic E-state index is 12.3. The van der Waals surface area contributed by atoms with Crippen LogP contribution in [0.25, 0.3) is 11.1 Å². The molecule has 1 saturated heterocycles. The summed E-state index contributed by atoms with van der Waals surface area (Å²) in [5.41, 5.74) is 1.68. The van der Waals surface area contributed by atoms with Crippen LogP contribution in [0.3, 0.4) is 0 Å². The maximum Gasteiger partial charge on any atom is 0.269 e. The van der Waals surface area contributed by atoms with Crippen molar-refractivity contribution >= 4 is 11.6 Å². The minimum Gasteiger partial charge on any atom is -0.375 e. The van der Waals surface area contributed by atoms with E-state index in [0.717, 1.165) is 11.1 Å². The molecule has 3 rings (SSSR count). The summed E-state index contributed by atoms with van der Waals surface area (Å²) in [5.74, 6) is 0.00324. The van der Waals surface area contributed by atoms with Gasteiger partial charge in [-0.2, -0.15) is 5.10 Å². The molecule has 0 spiro atoms. The van der Waals surface area contributed by atoms with Crippen LogP contribution in [-0.4, -0.2) is 51.3 Å². The van der Waals surface area contributed by atoms with Gasteiger partial charge >= 0.3 is 0 Å². The van der Waals surface area contributed by atoms with E-state index in [-0.39, 0.29) is 24.2 Å². The smallest absolute Gasteiger partial charge is 0.269 e. The summed E-state index contributed by atoms with van der Waals surface area (Å²) in [6.07, 6.45) is 3.47.